The molecule has 0 aliphatic heterocycles. The highest BCUT2D eigenvalue weighted by Crippen LogP contribution is 2.11. The number of rotatable bonds is 5. The lowest BCUT2D eigenvalue weighted by Crippen LogP contribution is -2.22. The van der Waals surface area contributed by atoms with Crippen molar-refractivity contribution in [2.45, 2.75) is 24.8 Å². The van der Waals surface area contributed by atoms with Crippen LogP contribution in [0.25, 0.3) is 0 Å². The molecule has 0 N–H and O–H groups in total. The lowest BCUT2D eigenvalue weighted by atomic mass is 10.1. The van der Waals surface area contributed by atoms with E-state index in [9.17, 15) is 0 Å². The Hall–Kier alpha value is -0.0900. The highest BCUT2D eigenvalue weighted by molar-refractivity contribution is 14.1. The van der Waals surface area contributed by atoms with Crippen LogP contribution in [0.5, 0.6) is 0 Å². The Morgan fingerprint density at radius 2 is 1.79 bits per heavy atom. The van der Waals surface area contributed by atoms with Gasteiger partial charge in [0.15, 0.2) is 0 Å². The van der Waals surface area contributed by atoms with Gasteiger partial charge in [-0.05, 0) is 24.2 Å². The van der Waals surface area contributed by atoms with Gasteiger partial charge in [0.05, 0.1) is 0 Å². The highest BCUT2D eigenvalue weighted by atomic mass is 127. The van der Waals surface area contributed by atoms with E-state index >= 15 is 0 Å². The van der Waals surface area contributed by atoms with Crippen LogP contribution >= 0.6 is 22.6 Å². The molecule has 14 heavy (non-hydrogen) atoms. The minimum atomic E-state index is 1.08. The normalized spacial score (nSPS) is 10.9. The van der Waals surface area contributed by atoms with Crippen molar-refractivity contribution >= 4 is 22.6 Å². The van der Waals surface area contributed by atoms with Gasteiger partial charge in [0.2, 0.25) is 0 Å². The smallest absolute Gasteiger partial charge is 0.0247 e. The molecule has 0 fully saturated rings. The van der Waals surface area contributed by atoms with E-state index in [-0.39, 0.29) is 0 Å². The molecule has 0 amide bonds. The van der Waals surface area contributed by atoms with E-state index in [0.29, 0.717) is 0 Å². The van der Waals surface area contributed by atoms with Crippen LogP contribution in [0.4, 0.5) is 0 Å². The fourth-order valence-corrected chi connectivity index (χ4v) is 1.99. The molecule has 0 aliphatic rings. The third kappa shape index (κ3) is 3.58. The van der Waals surface area contributed by atoms with Crippen LogP contribution in [-0.4, -0.2) is 18.0 Å². The van der Waals surface area contributed by atoms with E-state index in [1.165, 1.54) is 11.1 Å². The first-order chi connectivity index (χ1) is 6.80. The van der Waals surface area contributed by atoms with E-state index in [1.54, 1.807) is 0 Å². The number of nitrogens with zero attached hydrogens (tertiary/aromatic N) is 1. The SMILES string of the molecule is CCN(CC)Cc1cccc(CI)c1. The minimum absolute atomic E-state index is 1.08. The summed E-state index contributed by atoms with van der Waals surface area (Å²) in [7, 11) is 0. The van der Waals surface area contributed by atoms with Crippen LogP contribution in [0.15, 0.2) is 24.3 Å². The van der Waals surface area contributed by atoms with Gasteiger partial charge in [0.25, 0.3) is 0 Å². The Kier molecular flexibility index (Phi) is 5.48. The molecule has 0 aromatic heterocycles. The van der Waals surface area contributed by atoms with Crippen LogP contribution in [-0.2, 0) is 11.0 Å². The first-order valence-corrected chi connectivity index (χ1v) is 6.68. The second kappa shape index (κ2) is 6.40. The lowest BCUT2D eigenvalue weighted by molar-refractivity contribution is 0.296. The summed E-state index contributed by atoms with van der Waals surface area (Å²) in [5.74, 6) is 0. The van der Waals surface area contributed by atoms with Crippen molar-refractivity contribution in [3.05, 3.63) is 35.4 Å². The van der Waals surface area contributed by atoms with E-state index in [1.807, 2.05) is 0 Å². The molecule has 0 radical (unpaired) electrons. The van der Waals surface area contributed by atoms with Crippen molar-refractivity contribution in [2.24, 2.45) is 0 Å². The third-order valence-corrected chi connectivity index (χ3v) is 3.33. The van der Waals surface area contributed by atoms with Crippen molar-refractivity contribution in [2.75, 3.05) is 13.1 Å². The summed E-state index contributed by atoms with van der Waals surface area (Å²) >= 11 is 2.41. The van der Waals surface area contributed by atoms with Crippen molar-refractivity contribution in [1.29, 1.82) is 0 Å². The summed E-state index contributed by atoms with van der Waals surface area (Å²) in [5, 5.41) is 0. The summed E-state index contributed by atoms with van der Waals surface area (Å²) < 4.78 is 1.10. The van der Waals surface area contributed by atoms with Crippen molar-refractivity contribution in [3.8, 4) is 0 Å². The van der Waals surface area contributed by atoms with Gasteiger partial charge in [-0.2, -0.15) is 0 Å². The topological polar surface area (TPSA) is 3.24 Å². The molecule has 0 saturated heterocycles. The molecule has 0 aliphatic carbocycles. The minimum Gasteiger partial charge on any atom is -0.300 e. The summed E-state index contributed by atoms with van der Waals surface area (Å²) in [6, 6.07) is 8.88. The molecule has 2 heteroatoms. The molecule has 1 nitrogen and oxygen atoms in total. The van der Waals surface area contributed by atoms with E-state index in [4.69, 9.17) is 0 Å². The van der Waals surface area contributed by atoms with Gasteiger partial charge in [-0.3, -0.25) is 4.90 Å². The Labute approximate surface area is 101 Å². The Morgan fingerprint density at radius 3 is 2.36 bits per heavy atom. The maximum Gasteiger partial charge on any atom is 0.0247 e. The Morgan fingerprint density at radius 1 is 1.14 bits per heavy atom. The predicted octanol–water partition coefficient (Wildman–Crippen LogP) is 3.46. The van der Waals surface area contributed by atoms with Gasteiger partial charge in [-0.25, -0.2) is 0 Å². The fraction of sp³-hybridized carbons (Fsp3) is 0.500. The molecular formula is C12H18IN. The zero-order chi connectivity index (χ0) is 10.4. The average molecular weight is 303 g/mol. The summed E-state index contributed by atoms with van der Waals surface area (Å²) in [5.41, 5.74) is 2.86. The van der Waals surface area contributed by atoms with E-state index in [0.717, 1.165) is 24.1 Å². The molecule has 78 valence electrons. The molecule has 1 aromatic carbocycles. The quantitative estimate of drug-likeness (QED) is 0.595. The fourth-order valence-electron chi connectivity index (χ4n) is 1.52. The highest BCUT2D eigenvalue weighted by Gasteiger charge is 2.01. The standard InChI is InChI=1S/C12H18IN/c1-3-14(4-2)10-12-7-5-6-11(8-12)9-13/h5-8H,3-4,9-10H2,1-2H3. The summed E-state index contributed by atoms with van der Waals surface area (Å²) in [6.07, 6.45) is 0. The zero-order valence-corrected chi connectivity index (χ0v) is 11.1. The van der Waals surface area contributed by atoms with Gasteiger partial charge in [0.1, 0.15) is 0 Å². The lowest BCUT2D eigenvalue weighted by Gasteiger charge is -2.18. The first kappa shape index (κ1) is 12.0. The van der Waals surface area contributed by atoms with Gasteiger partial charge in [-0.1, -0.05) is 60.7 Å². The number of benzene rings is 1. The molecule has 1 aromatic rings. The zero-order valence-electron chi connectivity index (χ0n) is 8.96. The predicted molar refractivity (Wildman–Crippen MR) is 70.8 cm³/mol. The second-order valence-corrected chi connectivity index (χ2v) is 4.18. The number of halogens is 1. The van der Waals surface area contributed by atoms with Crippen LogP contribution in [0.3, 0.4) is 0 Å². The monoisotopic (exact) mass is 303 g/mol. The maximum atomic E-state index is 2.44. The van der Waals surface area contributed by atoms with Crippen LogP contribution in [0.2, 0.25) is 0 Å². The summed E-state index contributed by atoms with van der Waals surface area (Å²) in [6.45, 7) is 7.77. The molecule has 0 atom stereocenters. The first-order valence-electron chi connectivity index (χ1n) is 5.16. The van der Waals surface area contributed by atoms with Crippen LogP contribution in [0.1, 0.15) is 25.0 Å². The van der Waals surface area contributed by atoms with Gasteiger partial charge in [-0.15, -0.1) is 0 Å². The van der Waals surface area contributed by atoms with Gasteiger partial charge >= 0.3 is 0 Å². The Balaban J connectivity index is 2.65. The maximum absolute atomic E-state index is 2.44. The number of alkyl halides is 1. The van der Waals surface area contributed by atoms with Crippen LogP contribution < -0.4 is 0 Å². The molecular weight excluding hydrogens is 285 g/mol. The number of hydrogen-bond acceptors (Lipinski definition) is 1. The molecule has 0 bridgehead atoms. The second-order valence-electron chi connectivity index (χ2n) is 3.41. The Bertz CT molecular complexity index is 269. The third-order valence-electron chi connectivity index (χ3n) is 2.45. The number of hydrogen-bond donors (Lipinski definition) is 0. The van der Waals surface area contributed by atoms with Crippen LogP contribution in [0, 0.1) is 0 Å². The van der Waals surface area contributed by atoms with Gasteiger partial charge in [0, 0.05) is 11.0 Å². The molecule has 0 saturated carbocycles. The molecule has 0 heterocycles. The largest absolute Gasteiger partial charge is 0.300 e. The van der Waals surface area contributed by atoms with Crippen molar-refractivity contribution < 1.29 is 0 Å². The summed E-state index contributed by atoms with van der Waals surface area (Å²) in [4.78, 5) is 2.44. The average Bonchev–Trinajstić information content (AvgIpc) is 2.26. The van der Waals surface area contributed by atoms with E-state index in [2.05, 4.69) is 65.6 Å². The van der Waals surface area contributed by atoms with Crippen molar-refractivity contribution in [1.82, 2.24) is 4.90 Å². The van der Waals surface area contributed by atoms with Crippen molar-refractivity contribution in [3.63, 3.8) is 0 Å². The molecule has 1 rings (SSSR count). The van der Waals surface area contributed by atoms with Gasteiger partial charge < -0.3 is 0 Å². The molecule has 0 unspecified atom stereocenters. The molecule has 0 spiro atoms. The van der Waals surface area contributed by atoms with E-state index < -0.39 is 0 Å².